The minimum Gasteiger partial charge on any atom is -0.343 e. The molecule has 64 valence electrons. The largest absolute Gasteiger partial charge is 0.343 e. The van der Waals surface area contributed by atoms with Crippen LogP contribution in [0, 0.1) is 0 Å². The van der Waals surface area contributed by atoms with Crippen molar-refractivity contribution >= 4 is 5.91 Å². The van der Waals surface area contributed by atoms with Gasteiger partial charge in [0.15, 0.2) is 0 Å². The highest BCUT2D eigenvalue weighted by molar-refractivity contribution is 5.76. The standard InChI is InChI=1S/C8H16N2O/c1-7(9)6-8(11)10-4-2-3-5-10/h7H,2-6,9H2,1H3. The number of carbonyl (C=O) groups excluding carboxylic acids is 1. The van der Waals surface area contributed by atoms with Crippen LogP contribution in [0.1, 0.15) is 26.2 Å². The Hall–Kier alpha value is -0.570. The number of hydrogen-bond acceptors (Lipinski definition) is 2. The Kier molecular flexibility index (Phi) is 2.88. The van der Waals surface area contributed by atoms with Crippen molar-refractivity contribution in [3.05, 3.63) is 0 Å². The number of hydrogen-bond donors (Lipinski definition) is 1. The van der Waals surface area contributed by atoms with Gasteiger partial charge in [-0.3, -0.25) is 4.79 Å². The first-order valence-electron chi connectivity index (χ1n) is 4.23. The van der Waals surface area contributed by atoms with Crippen LogP contribution in [0.2, 0.25) is 0 Å². The van der Waals surface area contributed by atoms with E-state index < -0.39 is 0 Å². The second kappa shape index (κ2) is 3.72. The van der Waals surface area contributed by atoms with Gasteiger partial charge in [-0.15, -0.1) is 0 Å². The predicted octanol–water partition coefficient (Wildman–Crippen LogP) is 0.346. The number of nitrogens with two attached hydrogens (primary N) is 1. The maximum atomic E-state index is 11.3. The first-order chi connectivity index (χ1) is 5.20. The zero-order chi connectivity index (χ0) is 8.27. The number of nitrogens with zero attached hydrogens (tertiary/aromatic N) is 1. The van der Waals surface area contributed by atoms with Gasteiger partial charge in [-0.2, -0.15) is 0 Å². The van der Waals surface area contributed by atoms with Gasteiger partial charge >= 0.3 is 0 Å². The molecule has 3 heteroatoms. The molecule has 1 heterocycles. The molecule has 0 spiro atoms. The number of carbonyl (C=O) groups is 1. The molecule has 11 heavy (non-hydrogen) atoms. The zero-order valence-electron chi connectivity index (χ0n) is 7.05. The fourth-order valence-corrected chi connectivity index (χ4v) is 1.37. The van der Waals surface area contributed by atoms with Crippen LogP contribution < -0.4 is 5.73 Å². The third-order valence-corrected chi connectivity index (χ3v) is 1.96. The fourth-order valence-electron chi connectivity index (χ4n) is 1.37. The lowest BCUT2D eigenvalue weighted by atomic mass is 10.2. The molecule has 0 aromatic carbocycles. The molecular formula is C8H16N2O. The molecule has 1 saturated heterocycles. The molecule has 0 aromatic rings. The Balaban J connectivity index is 2.28. The molecule has 0 bridgehead atoms. The van der Waals surface area contributed by atoms with Crippen LogP contribution in [0.3, 0.4) is 0 Å². The van der Waals surface area contributed by atoms with E-state index in [0.29, 0.717) is 6.42 Å². The Morgan fingerprint density at radius 3 is 2.55 bits per heavy atom. The van der Waals surface area contributed by atoms with Crippen molar-refractivity contribution in [2.75, 3.05) is 13.1 Å². The van der Waals surface area contributed by atoms with Crippen LogP contribution in [-0.2, 0) is 4.79 Å². The van der Waals surface area contributed by atoms with Crippen molar-refractivity contribution in [2.45, 2.75) is 32.2 Å². The molecule has 0 saturated carbocycles. The van der Waals surface area contributed by atoms with Crippen LogP contribution >= 0.6 is 0 Å². The molecule has 1 aliphatic rings. The van der Waals surface area contributed by atoms with Gasteiger partial charge in [0.1, 0.15) is 0 Å². The Bertz CT molecular complexity index is 139. The first-order valence-corrected chi connectivity index (χ1v) is 4.23. The third-order valence-electron chi connectivity index (χ3n) is 1.96. The molecule has 1 aliphatic heterocycles. The molecule has 1 unspecified atom stereocenters. The highest BCUT2D eigenvalue weighted by Gasteiger charge is 2.18. The van der Waals surface area contributed by atoms with Gasteiger partial charge in [-0.05, 0) is 19.8 Å². The van der Waals surface area contributed by atoms with E-state index in [1.807, 2.05) is 11.8 Å². The summed E-state index contributed by atoms with van der Waals surface area (Å²) < 4.78 is 0. The van der Waals surface area contributed by atoms with E-state index in [4.69, 9.17) is 5.73 Å². The third kappa shape index (κ3) is 2.50. The second-order valence-electron chi connectivity index (χ2n) is 3.27. The van der Waals surface area contributed by atoms with Gasteiger partial charge in [0.05, 0.1) is 0 Å². The Labute approximate surface area is 67.5 Å². The van der Waals surface area contributed by atoms with E-state index in [2.05, 4.69) is 0 Å². The van der Waals surface area contributed by atoms with Gasteiger partial charge in [0.2, 0.25) is 5.91 Å². The lowest BCUT2D eigenvalue weighted by molar-refractivity contribution is -0.130. The number of amides is 1. The van der Waals surface area contributed by atoms with E-state index in [9.17, 15) is 4.79 Å². The van der Waals surface area contributed by atoms with Gasteiger partial charge in [0.25, 0.3) is 0 Å². The van der Waals surface area contributed by atoms with E-state index >= 15 is 0 Å². The van der Waals surface area contributed by atoms with Crippen LogP contribution in [-0.4, -0.2) is 29.9 Å². The summed E-state index contributed by atoms with van der Waals surface area (Å²) in [4.78, 5) is 13.2. The number of likely N-dealkylation sites (tertiary alicyclic amines) is 1. The predicted molar refractivity (Wildman–Crippen MR) is 44.1 cm³/mol. The normalized spacial score (nSPS) is 20.4. The minimum atomic E-state index is 0.00287. The summed E-state index contributed by atoms with van der Waals surface area (Å²) >= 11 is 0. The summed E-state index contributed by atoms with van der Waals surface area (Å²) in [5, 5.41) is 0. The average molecular weight is 156 g/mol. The van der Waals surface area contributed by atoms with E-state index in [1.165, 1.54) is 0 Å². The summed E-state index contributed by atoms with van der Waals surface area (Å²) in [5.74, 6) is 0.220. The highest BCUT2D eigenvalue weighted by atomic mass is 16.2. The highest BCUT2D eigenvalue weighted by Crippen LogP contribution is 2.09. The Morgan fingerprint density at radius 2 is 2.09 bits per heavy atom. The fraction of sp³-hybridized carbons (Fsp3) is 0.875. The van der Waals surface area contributed by atoms with E-state index in [-0.39, 0.29) is 11.9 Å². The molecule has 0 aromatic heterocycles. The summed E-state index contributed by atoms with van der Waals surface area (Å²) in [7, 11) is 0. The summed E-state index contributed by atoms with van der Waals surface area (Å²) in [6, 6.07) is 0.00287. The smallest absolute Gasteiger partial charge is 0.224 e. The molecule has 1 fully saturated rings. The molecule has 1 amide bonds. The summed E-state index contributed by atoms with van der Waals surface area (Å²) in [6.45, 7) is 3.74. The molecule has 1 rings (SSSR count). The van der Waals surface area contributed by atoms with Crippen LogP contribution in [0.15, 0.2) is 0 Å². The van der Waals surface area contributed by atoms with Crippen LogP contribution in [0.4, 0.5) is 0 Å². The molecule has 2 N–H and O–H groups in total. The lowest BCUT2D eigenvalue weighted by Gasteiger charge is -2.15. The van der Waals surface area contributed by atoms with Gasteiger partial charge in [0, 0.05) is 25.6 Å². The van der Waals surface area contributed by atoms with E-state index in [1.54, 1.807) is 0 Å². The average Bonchev–Trinajstić information content (AvgIpc) is 2.35. The molecular weight excluding hydrogens is 140 g/mol. The van der Waals surface area contributed by atoms with Gasteiger partial charge in [-0.1, -0.05) is 0 Å². The van der Waals surface area contributed by atoms with Gasteiger partial charge < -0.3 is 10.6 Å². The maximum Gasteiger partial charge on any atom is 0.224 e. The quantitative estimate of drug-likeness (QED) is 0.627. The summed E-state index contributed by atoms with van der Waals surface area (Å²) in [5.41, 5.74) is 5.51. The van der Waals surface area contributed by atoms with Crippen molar-refractivity contribution in [1.82, 2.24) is 4.90 Å². The molecule has 1 atom stereocenters. The topological polar surface area (TPSA) is 46.3 Å². The van der Waals surface area contributed by atoms with Gasteiger partial charge in [-0.25, -0.2) is 0 Å². The van der Waals surface area contributed by atoms with Crippen molar-refractivity contribution in [3.63, 3.8) is 0 Å². The first kappa shape index (κ1) is 8.53. The maximum absolute atomic E-state index is 11.3. The van der Waals surface area contributed by atoms with E-state index in [0.717, 1.165) is 25.9 Å². The van der Waals surface area contributed by atoms with Crippen molar-refractivity contribution in [3.8, 4) is 0 Å². The monoisotopic (exact) mass is 156 g/mol. The lowest BCUT2D eigenvalue weighted by Crippen LogP contribution is -2.32. The van der Waals surface area contributed by atoms with Crippen molar-refractivity contribution in [1.29, 1.82) is 0 Å². The summed E-state index contributed by atoms with van der Waals surface area (Å²) in [6.07, 6.45) is 2.81. The SMILES string of the molecule is CC(N)CC(=O)N1CCCC1. The molecule has 3 nitrogen and oxygen atoms in total. The van der Waals surface area contributed by atoms with Crippen molar-refractivity contribution in [2.24, 2.45) is 5.73 Å². The van der Waals surface area contributed by atoms with Crippen molar-refractivity contribution < 1.29 is 4.79 Å². The zero-order valence-corrected chi connectivity index (χ0v) is 7.05. The second-order valence-corrected chi connectivity index (χ2v) is 3.27. The minimum absolute atomic E-state index is 0.00287. The molecule has 0 radical (unpaired) electrons. The Morgan fingerprint density at radius 1 is 1.55 bits per heavy atom. The molecule has 0 aliphatic carbocycles. The number of rotatable bonds is 2. The van der Waals surface area contributed by atoms with Crippen LogP contribution in [0.5, 0.6) is 0 Å². The van der Waals surface area contributed by atoms with Crippen LogP contribution in [0.25, 0.3) is 0 Å².